The van der Waals surface area contributed by atoms with E-state index in [1.165, 1.54) is 18.3 Å². The quantitative estimate of drug-likeness (QED) is 0.266. The lowest BCUT2D eigenvalue weighted by atomic mass is 9.87. The topological polar surface area (TPSA) is 119 Å². The van der Waals surface area contributed by atoms with Gasteiger partial charge in [-0.15, -0.1) is 0 Å². The summed E-state index contributed by atoms with van der Waals surface area (Å²) >= 11 is 0. The molecule has 1 aromatic carbocycles. The average molecular weight is 578 g/mol. The smallest absolute Gasteiger partial charge is 0.382 e. The molecular weight excluding hydrogens is 554 g/mol. The van der Waals surface area contributed by atoms with E-state index in [9.17, 15) is 22.8 Å². The molecule has 2 aliphatic rings. The number of nitrogens with one attached hydrogen (secondary N) is 1. The van der Waals surface area contributed by atoms with Crippen LogP contribution in [0.25, 0.3) is 16.8 Å². The third kappa shape index (κ3) is 4.30. The van der Waals surface area contributed by atoms with Crippen LogP contribution >= 0.6 is 0 Å². The molecule has 0 atom stereocenters. The van der Waals surface area contributed by atoms with Gasteiger partial charge in [0.05, 0.1) is 5.56 Å². The minimum Gasteiger partial charge on any atom is -0.382 e. The highest BCUT2D eigenvalue weighted by atomic mass is 19.4. The van der Waals surface area contributed by atoms with E-state index >= 15 is 4.39 Å². The molecule has 214 valence electrons. The molecule has 0 aliphatic carbocycles. The number of hydrogen-bond donors (Lipinski definition) is 2. The van der Waals surface area contributed by atoms with Gasteiger partial charge in [-0.3, -0.25) is 14.0 Å². The van der Waals surface area contributed by atoms with Crippen molar-refractivity contribution in [3.05, 3.63) is 71.7 Å². The first-order valence-corrected chi connectivity index (χ1v) is 13.1. The van der Waals surface area contributed by atoms with Gasteiger partial charge in [-0.2, -0.15) is 13.2 Å². The molecule has 0 saturated carbocycles. The summed E-state index contributed by atoms with van der Waals surface area (Å²) in [5.74, 6) is 3.63. The fourth-order valence-corrected chi connectivity index (χ4v) is 6.08. The van der Waals surface area contributed by atoms with Crippen LogP contribution in [0.1, 0.15) is 54.4 Å². The SMILES string of the molecule is CC#CC(=O)N1C2CCC1(c1nc(-c3ccc(C(=O)Nc4cc(C(F)(F)F)ccn4)cc3F)c3c(N)nccn13)CC2. The number of halogens is 4. The lowest BCUT2D eigenvalue weighted by Crippen LogP contribution is -2.43. The minimum atomic E-state index is -4.62. The van der Waals surface area contributed by atoms with Crippen molar-refractivity contribution >= 4 is 29.0 Å². The number of carbonyl (C=O) groups excluding carboxylic acids is 2. The fourth-order valence-electron chi connectivity index (χ4n) is 6.08. The molecule has 0 unspecified atom stereocenters. The highest BCUT2D eigenvalue weighted by molar-refractivity contribution is 6.04. The molecule has 4 aromatic rings. The van der Waals surface area contributed by atoms with Crippen LogP contribution in [0, 0.1) is 17.7 Å². The van der Waals surface area contributed by atoms with E-state index in [0.29, 0.717) is 30.2 Å². The number of benzene rings is 1. The summed E-state index contributed by atoms with van der Waals surface area (Å²) in [6.45, 7) is 1.60. The fraction of sp³-hybridized carbons (Fsp3) is 0.276. The average Bonchev–Trinajstić information content (AvgIpc) is 3.64. The number of aromatic nitrogens is 4. The van der Waals surface area contributed by atoms with Crippen LogP contribution in [0.4, 0.5) is 29.2 Å². The Kier molecular flexibility index (Phi) is 6.36. The van der Waals surface area contributed by atoms with E-state index in [2.05, 4.69) is 27.1 Å². The van der Waals surface area contributed by atoms with Gasteiger partial charge in [0.15, 0.2) is 0 Å². The molecule has 3 N–H and O–H groups in total. The van der Waals surface area contributed by atoms with Crippen molar-refractivity contribution in [1.29, 1.82) is 0 Å². The Hall–Kier alpha value is -4.99. The van der Waals surface area contributed by atoms with E-state index < -0.39 is 29.0 Å². The van der Waals surface area contributed by atoms with Crippen LogP contribution in [0.5, 0.6) is 0 Å². The molecule has 9 nitrogen and oxygen atoms in total. The number of fused-ring (bicyclic) bond motifs is 3. The van der Waals surface area contributed by atoms with Gasteiger partial charge in [0.25, 0.3) is 11.8 Å². The Morgan fingerprint density at radius 1 is 1.12 bits per heavy atom. The highest BCUT2D eigenvalue weighted by Gasteiger charge is 2.57. The predicted octanol–water partition coefficient (Wildman–Crippen LogP) is 4.79. The molecule has 6 rings (SSSR count). The second kappa shape index (κ2) is 9.83. The van der Waals surface area contributed by atoms with Gasteiger partial charge >= 0.3 is 6.18 Å². The minimum absolute atomic E-state index is 0.0224. The largest absolute Gasteiger partial charge is 0.416 e. The number of alkyl halides is 3. The molecule has 0 spiro atoms. The molecule has 2 amide bonds. The van der Waals surface area contributed by atoms with E-state index in [4.69, 9.17) is 10.7 Å². The van der Waals surface area contributed by atoms with Crippen LogP contribution in [-0.4, -0.2) is 42.1 Å². The Bertz CT molecular complexity index is 1810. The van der Waals surface area contributed by atoms with Gasteiger partial charge in [-0.05, 0) is 68.9 Å². The van der Waals surface area contributed by atoms with Crippen LogP contribution in [-0.2, 0) is 16.5 Å². The van der Waals surface area contributed by atoms with Crippen LogP contribution in [0.3, 0.4) is 0 Å². The zero-order valence-corrected chi connectivity index (χ0v) is 22.2. The summed E-state index contributed by atoms with van der Waals surface area (Å²) in [4.78, 5) is 40.3. The van der Waals surface area contributed by atoms with Crippen molar-refractivity contribution in [2.24, 2.45) is 0 Å². The standard InChI is InChI=1S/C29H23F4N7O2/c1-2-3-22(41)40-18-6-9-28(40,10-7-18)27-38-23(24-25(34)36-12-13-39(24)27)19-5-4-16(14-20(19)30)26(42)37-21-15-17(8-11-35-21)29(31,32)33/h4-5,8,11-15,18H,6-7,9-10H2,1H3,(H2,34,36)(H,35,37,42). The van der Waals surface area contributed by atoms with Crippen LogP contribution in [0.15, 0.2) is 48.9 Å². The lowest BCUT2D eigenvalue weighted by Gasteiger charge is -2.32. The first kappa shape index (κ1) is 27.2. The molecule has 2 aliphatic heterocycles. The number of pyridine rings is 1. The maximum Gasteiger partial charge on any atom is 0.416 e. The highest BCUT2D eigenvalue weighted by Crippen LogP contribution is 2.53. The van der Waals surface area contributed by atoms with E-state index in [0.717, 1.165) is 31.2 Å². The number of nitrogen functional groups attached to an aromatic ring is 1. The van der Waals surface area contributed by atoms with Gasteiger partial charge in [0.2, 0.25) is 0 Å². The molecule has 2 saturated heterocycles. The molecule has 0 radical (unpaired) electrons. The van der Waals surface area contributed by atoms with E-state index in [1.54, 1.807) is 22.4 Å². The molecule has 13 heteroatoms. The van der Waals surface area contributed by atoms with Crippen molar-refractivity contribution in [3.63, 3.8) is 0 Å². The Morgan fingerprint density at radius 3 is 2.57 bits per heavy atom. The van der Waals surface area contributed by atoms with Crippen molar-refractivity contribution in [2.75, 3.05) is 11.1 Å². The Morgan fingerprint density at radius 2 is 1.88 bits per heavy atom. The first-order chi connectivity index (χ1) is 20.0. The normalized spacial score (nSPS) is 19.5. The first-order valence-electron chi connectivity index (χ1n) is 13.1. The Labute approximate surface area is 236 Å². The van der Waals surface area contributed by atoms with Gasteiger partial charge in [0.1, 0.15) is 40.0 Å². The summed E-state index contributed by atoms with van der Waals surface area (Å²) in [5.41, 5.74) is 4.92. The molecular formula is C29H23F4N7O2. The molecule has 2 fully saturated rings. The maximum absolute atomic E-state index is 15.7. The molecule has 42 heavy (non-hydrogen) atoms. The van der Waals surface area contributed by atoms with E-state index in [-0.39, 0.29) is 40.4 Å². The molecule has 5 heterocycles. The van der Waals surface area contributed by atoms with Crippen LogP contribution < -0.4 is 11.1 Å². The van der Waals surface area contributed by atoms with E-state index in [1.807, 2.05) is 0 Å². The van der Waals surface area contributed by atoms with Gasteiger partial charge < -0.3 is 16.0 Å². The zero-order chi connectivity index (χ0) is 29.8. The van der Waals surface area contributed by atoms with Crippen molar-refractivity contribution in [2.45, 2.75) is 50.4 Å². The number of hydrogen-bond acceptors (Lipinski definition) is 6. The third-order valence-electron chi connectivity index (χ3n) is 7.87. The summed E-state index contributed by atoms with van der Waals surface area (Å²) < 4.78 is 56.5. The number of carbonyl (C=O) groups is 2. The maximum atomic E-state index is 15.7. The van der Waals surface area contributed by atoms with Gasteiger partial charge in [-0.25, -0.2) is 19.3 Å². The van der Waals surface area contributed by atoms with Gasteiger partial charge in [-0.1, -0.05) is 5.92 Å². The van der Waals surface area contributed by atoms with Crippen LogP contribution in [0.2, 0.25) is 0 Å². The van der Waals surface area contributed by atoms with Gasteiger partial charge in [0, 0.05) is 35.8 Å². The molecule has 2 bridgehead atoms. The number of nitrogens with zero attached hydrogens (tertiary/aromatic N) is 5. The number of imidazole rings is 1. The summed E-state index contributed by atoms with van der Waals surface area (Å²) in [7, 11) is 0. The lowest BCUT2D eigenvalue weighted by molar-refractivity contribution is -0.137. The number of nitrogens with two attached hydrogens (primary N) is 1. The summed E-state index contributed by atoms with van der Waals surface area (Å²) in [5, 5.41) is 2.27. The second-order valence-corrected chi connectivity index (χ2v) is 10.2. The second-order valence-electron chi connectivity index (χ2n) is 10.2. The monoisotopic (exact) mass is 577 g/mol. The number of anilines is 2. The number of rotatable bonds is 4. The van der Waals surface area contributed by atoms with Crippen molar-refractivity contribution < 1.29 is 27.2 Å². The van der Waals surface area contributed by atoms with Crippen molar-refractivity contribution in [3.8, 4) is 23.1 Å². The molecule has 3 aromatic heterocycles. The summed E-state index contributed by atoms with van der Waals surface area (Å²) in [6.07, 6.45) is 2.32. The third-order valence-corrected chi connectivity index (χ3v) is 7.87. The zero-order valence-electron chi connectivity index (χ0n) is 22.2. The number of amides is 2. The predicted molar refractivity (Wildman–Crippen MR) is 144 cm³/mol. The van der Waals surface area contributed by atoms with Crippen molar-refractivity contribution in [1.82, 2.24) is 24.3 Å². The summed E-state index contributed by atoms with van der Waals surface area (Å²) in [6, 6.07) is 5.11. The Balaban J connectivity index is 1.39.